The maximum absolute atomic E-state index is 13.4. The van der Waals surface area contributed by atoms with Crippen LogP contribution in [0, 0.1) is 6.92 Å². The second-order valence-electron chi connectivity index (χ2n) is 7.78. The molecule has 0 N–H and O–H groups in total. The van der Waals surface area contributed by atoms with Crippen molar-refractivity contribution < 1.29 is 9.15 Å². The lowest BCUT2D eigenvalue weighted by atomic mass is 10.0. The molecule has 1 aromatic heterocycles. The van der Waals surface area contributed by atoms with E-state index in [9.17, 15) is 4.79 Å². The molecule has 0 saturated carbocycles. The first kappa shape index (κ1) is 21.4. The summed E-state index contributed by atoms with van der Waals surface area (Å²) in [6.07, 6.45) is 0. The second kappa shape index (κ2) is 8.45. The molecule has 0 aliphatic carbocycles. The van der Waals surface area contributed by atoms with Gasteiger partial charge in [-0.05, 0) is 54.4 Å². The molecule has 0 atom stereocenters. The van der Waals surface area contributed by atoms with Crippen molar-refractivity contribution in [1.82, 2.24) is 4.90 Å². The Hall–Kier alpha value is -2.50. The summed E-state index contributed by atoms with van der Waals surface area (Å²) in [5.74, 6) is 1.27. The lowest BCUT2D eigenvalue weighted by Crippen LogP contribution is -2.32. The first-order valence-electron chi connectivity index (χ1n) is 10.0. The summed E-state index contributed by atoms with van der Waals surface area (Å²) in [5, 5.41) is 2.34. The summed E-state index contributed by atoms with van der Waals surface area (Å²) in [5.41, 5.74) is 3.58. The lowest BCUT2D eigenvalue weighted by Gasteiger charge is -2.29. The highest BCUT2D eigenvalue weighted by Gasteiger charge is 2.24. The summed E-state index contributed by atoms with van der Waals surface area (Å²) in [6, 6.07) is 16.2. The predicted molar refractivity (Wildman–Crippen MR) is 129 cm³/mol. The van der Waals surface area contributed by atoms with Crippen LogP contribution in [-0.2, 0) is 13.1 Å². The molecular weight excluding hydrogens is 469 g/mol. The van der Waals surface area contributed by atoms with E-state index >= 15 is 0 Å². The number of halogens is 3. The number of rotatable bonds is 3. The Bertz CT molecular complexity index is 1400. The van der Waals surface area contributed by atoms with E-state index in [1.54, 1.807) is 31.2 Å². The van der Waals surface area contributed by atoms with Crippen molar-refractivity contribution in [1.29, 1.82) is 0 Å². The van der Waals surface area contributed by atoms with Gasteiger partial charge in [-0.25, -0.2) is 0 Å². The van der Waals surface area contributed by atoms with Crippen LogP contribution in [0.4, 0.5) is 0 Å². The molecule has 1 aliphatic heterocycles. The first-order chi connectivity index (χ1) is 15.4. The zero-order valence-corrected chi connectivity index (χ0v) is 19.4. The van der Waals surface area contributed by atoms with Gasteiger partial charge in [0, 0.05) is 28.2 Å². The third-order valence-electron chi connectivity index (χ3n) is 5.62. The molecule has 0 radical (unpaired) electrons. The third-order valence-corrected chi connectivity index (χ3v) is 6.46. The molecular formula is C25H18Cl3NO3. The van der Waals surface area contributed by atoms with Crippen LogP contribution in [0.2, 0.25) is 15.1 Å². The number of hydrogen-bond donors (Lipinski definition) is 0. The maximum Gasteiger partial charge on any atom is 0.200 e. The van der Waals surface area contributed by atoms with E-state index in [0.29, 0.717) is 57.2 Å². The Morgan fingerprint density at radius 2 is 1.72 bits per heavy atom. The van der Waals surface area contributed by atoms with Gasteiger partial charge in [-0.15, -0.1) is 0 Å². The van der Waals surface area contributed by atoms with Gasteiger partial charge in [0.05, 0.1) is 16.5 Å². The van der Waals surface area contributed by atoms with Gasteiger partial charge >= 0.3 is 0 Å². The van der Waals surface area contributed by atoms with Crippen molar-refractivity contribution in [2.24, 2.45) is 0 Å². The topological polar surface area (TPSA) is 42.7 Å². The fourth-order valence-corrected chi connectivity index (χ4v) is 4.66. The van der Waals surface area contributed by atoms with Gasteiger partial charge in [-0.2, -0.15) is 0 Å². The van der Waals surface area contributed by atoms with Gasteiger partial charge in [0.2, 0.25) is 5.43 Å². The fraction of sp³-hybridized carbons (Fsp3) is 0.160. The highest BCUT2D eigenvalue weighted by Crippen LogP contribution is 2.35. The number of fused-ring (bicyclic) bond motifs is 3. The minimum absolute atomic E-state index is 0.0771. The van der Waals surface area contributed by atoms with E-state index in [1.807, 2.05) is 30.3 Å². The molecule has 0 saturated heterocycles. The number of aryl methyl sites for hydroxylation is 1. The molecule has 2 heterocycles. The fourth-order valence-electron chi connectivity index (χ4n) is 4.06. The van der Waals surface area contributed by atoms with E-state index in [1.165, 1.54) is 0 Å². The molecule has 0 bridgehead atoms. The zero-order chi connectivity index (χ0) is 22.4. The van der Waals surface area contributed by atoms with E-state index < -0.39 is 0 Å². The van der Waals surface area contributed by atoms with Crippen LogP contribution in [0.25, 0.3) is 22.1 Å². The average Bonchev–Trinajstić information content (AvgIpc) is 2.77. The van der Waals surface area contributed by atoms with Gasteiger partial charge < -0.3 is 9.15 Å². The zero-order valence-electron chi connectivity index (χ0n) is 17.1. The predicted octanol–water partition coefficient (Wildman–Crippen LogP) is 7.08. The summed E-state index contributed by atoms with van der Waals surface area (Å²) in [4.78, 5) is 15.5. The van der Waals surface area contributed by atoms with E-state index in [0.717, 1.165) is 22.4 Å². The molecule has 0 spiro atoms. The molecule has 0 amide bonds. The summed E-state index contributed by atoms with van der Waals surface area (Å²) < 4.78 is 12.2. The number of benzene rings is 3. The average molecular weight is 487 g/mol. The van der Waals surface area contributed by atoms with Crippen LogP contribution in [-0.4, -0.2) is 11.6 Å². The lowest BCUT2D eigenvalue weighted by molar-refractivity contribution is 0.0890. The number of nitrogens with zero attached hydrogens (tertiary/aromatic N) is 1. The minimum atomic E-state index is -0.0771. The molecule has 4 aromatic rings. The SMILES string of the molecule is Cc1oc2c3c(ccc2c(=O)c1-c1ccc(Cl)cc1)OCN(Cc1ccc(Cl)cc1Cl)C3. The smallest absolute Gasteiger partial charge is 0.200 e. The van der Waals surface area contributed by atoms with E-state index in [2.05, 4.69) is 4.90 Å². The molecule has 5 rings (SSSR count). The third kappa shape index (κ3) is 3.89. The Morgan fingerprint density at radius 1 is 0.969 bits per heavy atom. The molecule has 4 nitrogen and oxygen atoms in total. The van der Waals surface area contributed by atoms with Gasteiger partial charge in [0.25, 0.3) is 0 Å². The van der Waals surface area contributed by atoms with Gasteiger partial charge in [0.1, 0.15) is 23.8 Å². The molecule has 0 fully saturated rings. The normalized spacial score (nSPS) is 13.8. The summed E-state index contributed by atoms with van der Waals surface area (Å²) in [6.45, 7) is 3.36. The summed E-state index contributed by atoms with van der Waals surface area (Å²) in [7, 11) is 0. The molecule has 32 heavy (non-hydrogen) atoms. The number of ether oxygens (including phenoxy) is 1. The van der Waals surface area contributed by atoms with Crippen LogP contribution in [0.15, 0.2) is 63.8 Å². The largest absolute Gasteiger partial charge is 0.478 e. The Labute approximate surface area is 199 Å². The van der Waals surface area contributed by atoms with E-state index in [-0.39, 0.29) is 5.43 Å². The molecule has 162 valence electrons. The molecule has 0 unspecified atom stereocenters. The Morgan fingerprint density at radius 3 is 2.47 bits per heavy atom. The maximum atomic E-state index is 13.4. The van der Waals surface area contributed by atoms with Crippen molar-refractivity contribution >= 4 is 45.8 Å². The number of hydrogen-bond acceptors (Lipinski definition) is 4. The van der Waals surface area contributed by atoms with Gasteiger partial charge in [-0.1, -0.05) is 53.0 Å². The standard InChI is InChI=1S/C25H18Cl3NO3/c1-14-23(15-2-5-17(26)6-3-15)24(30)19-8-9-22-20(25(19)32-14)12-29(13-31-22)11-16-4-7-18(27)10-21(16)28/h2-10H,11-13H2,1H3. The van der Waals surface area contributed by atoms with Crippen LogP contribution in [0.5, 0.6) is 5.75 Å². The van der Waals surface area contributed by atoms with E-state index in [4.69, 9.17) is 44.0 Å². The quantitative estimate of drug-likeness (QED) is 0.310. The first-order valence-corrected chi connectivity index (χ1v) is 11.2. The van der Waals surface area contributed by atoms with Crippen molar-refractivity contribution in [3.63, 3.8) is 0 Å². The van der Waals surface area contributed by atoms with Gasteiger partial charge in [0.15, 0.2) is 0 Å². The van der Waals surface area contributed by atoms with Gasteiger partial charge in [-0.3, -0.25) is 9.69 Å². The van der Waals surface area contributed by atoms with Crippen molar-refractivity contribution in [3.05, 3.63) is 96.8 Å². The Kier molecular flexibility index (Phi) is 5.64. The monoisotopic (exact) mass is 485 g/mol. The second-order valence-corrected chi connectivity index (χ2v) is 9.06. The van der Waals surface area contributed by atoms with Crippen LogP contribution < -0.4 is 10.2 Å². The van der Waals surface area contributed by atoms with Crippen LogP contribution >= 0.6 is 34.8 Å². The minimum Gasteiger partial charge on any atom is -0.478 e. The highest BCUT2D eigenvalue weighted by molar-refractivity contribution is 6.35. The van der Waals surface area contributed by atoms with Crippen molar-refractivity contribution in [2.75, 3.05) is 6.73 Å². The Balaban J connectivity index is 1.55. The molecule has 3 aromatic carbocycles. The van der Waals surface area contributed by atoms with Crippen LogP contribution in [0.3, 0.4) is 0 Å². The van der Waals surface area contributed by atoms with Crippen molar-refractivity contribution in [3.8, 4) is 16.9 Å². The highest BCUT2D eigenvalue weighted by atomic mass is 35.5. The van der Waals surface area contributed by atoms with Crippen molar-refractivity contribution in [2.45, 2.75) is 20.0 Å². The summed E-state index contributed by atoms with van der Waals surface area (Å²) >= 11 is 18.4. The molecule has 7 heteroatoms. The van der Waals surface area contributed by atoms with Crippen LogP contribution in [0.1, 0.15) is 16.9 Å². The molecule has 1 aliphatic rings.